The van der Waals surface area contributed by atoms with Gasteiger partial charge in [-0.25, -0.2) is 18.2 Å². The fraction of sp³-hybridized carbons (Fsp3) is 0.300. The van der Waals surface area contributed by atoms with Gasteiger partial charge in [0.1, 0.15) is 0 Å². The minimum Gasteiger partial charge on any atom is -0.464 e. The van der Waals surface area contributed by atoms with Crippen molar-refractivity contribution in [2.24, 2.45) is 7.05 Å². The van der Waals surface area contributed by atoms with Crippen LogP contribution in [-0.2, 0) is 21.8 Å². The Labute approximate surface area is 119 Å². The van der Waals surface area contributed by atoms with Crippen molar-refractivity contribution in [2.75, 3.05) is 11.8 Å². The smallest absolute Gasteiger partial charge is 0.358 e. The number of nitrogens with zero attached hydrogens (tertiary/aromatic N) is 3. The first-order chi connectivity index (χ1) is 9.35. The normalized spacial score (nSPS) is 11.3. The Morgan fingerprint density at radius 3 is 2.75 bits per heavy atom. The second-order valence-electron chi connectivity index (χ2n) is 3.89. The van der Waals surface area contributed by atoms with Crippen molar-refractivity contribution in [3.63, 3.8) is 0 Å². The van der Waals surface area contributed by atoms with Gasteiger partial charge in [-0.1, -0.05) is 0 Å². The molecule has 108 valence electrons. The van der Waals surface area contributed by atoms with Gasteiger partial charge in [0, 0.05) is 13.2 Å². The summed E-state index contributed by atoms with van der Waals surface area (Å²) in [5, 5.41) is 4.04. The lowest BCUT2D eigenvalue weighted by Gasteiger charge is -2.05. The van der Waals surface area contributed by atoms with E-state index in [1.54, 1.807) is 14.0 Å². The Bertz CT molecular complexity index is 747. The Morgan fingerprint density at radius 1 is 1.50 bits per heavy atom. The number of aryl methyl sites for hydroxylation is 2. The van der Waals surface area contributed by atoms with Crippen LogP contribution in [0.2, 0.25) is 0 Å². The summed E-state index contributed by atoms with van der Waals surface area (Å²) in [5.74, 6) is -0.797. The van der Waals surface area contributed by atoms with E-state index >= 15 is 0 Å². The highest BCUT2D eigenvalue weighted by Gasteiger charge is 2.27. The SMILES string of the molecule is COC(=O)c1ncsc1S(=O)(=O)Nc1cn(C)nc1C. The molecule has 1 N–H and O–H groups in total. The Hall–Kier alpha value is -1.94. The molecule has 2 aromatic heterocycles. The van der Waals surface area contributed by atoms with Crippen molar-refractivity contribution in [2.45, 2.75) is 11.1 Å². The van der Waals surface area contributed by atoms with Crippen LogP contribution in [0.15, 0.2) is 15.9 Å². The molecule has 0 aliphatic carbocycles. The van der Waals surface area contributed by atoms with Crippen molar-refractivity contribution in [3.05, 3.63) is 23.1 Å². The summed E-state index contributed by atoms with van der Waals surface area (Å²) in [6, 6.07) is 0. The number of nitrogens with one attached hydrogen (secondary N) is 1. The van der Waals surface area contributed by atoms with E-state index in [0.717, 1.165) is 18.4 Å². The van der Waals surface area contributed by atoms with Gasteiger partial charge in [-0.2, -0.15) is 5.10 Å². The number of esters is 1. The Balaban J connectivity index is 2.39. The summed E-state index contributed by atoms with van der Waals surface area (Å²) in [5.41, 5.74) is 1.92. The van der Waals surface area contributed by atoms with Gasteiger partial charge in [-0.15, -0.1) is 11.3 Å². The highest BCUT2D eigenvalue weighted by Crippen LogP contribution is 2.24. The molecule has 0 radical (unpaired) electrons. The molecule has 2 rings (SSSR count). The topological polar surface area (TPSA) is 103 Å². The third-order valence-corrected chi connectivity index (χ3v) is 5.15. The van der Waals surface area contributed by atoms with Crippen LogP contribution in [0.25, 0.3) is 0 Å². The lowest BCUT2D eigenvalue weighted by atomic mass is 10.4. The van der Waals surface area contributed by atoms with E-state index in [9.17, 15) is 13.2 Å². The molecule has 0 aliphatic rings. The predicted octanol–water partition coefficient (Wildman–Crippen LogP) is 0.772. The zero-order valence-electron chi connectivity index (χ0n) is 10.9. The van der Waals surface area contributed by atoms with Gasteiger partial charge in [-0.05, 0) is 6.92 Å². The number of hydrogen-bond acceptors (Lipinski definition) is 7. The molecule has 2 heterocycles. The molecule has 8 nitrogen and oxygen atoms in total. The Morgan fingerprint density at radius 2 is 2.20 bits per heavy atom. The third kappa shape index (κ3) is 2.65. The summed E-state index contributed by atoms with van der Waals surface area (Å²) >= 11 is 0.842. The molecule has 0 saturated heterocycles. The zero-order valence-corrected chi connectivity index (χ0v) is 12.6. The van der Waals surface area contributed by atoms with Crippen LogP contribution in [0.3, 0.4) is 0 Å². The number of anilines is 1. The van der Waals surface area contributed by atoms with Gasteiger partial charge in [0.2, 0.25) is 0 Å². The van der Waals surface area contributed by atoms with Crippen LogP contribution in [-0.4, -0.2) is 36.3 Å². The van der Waals surface area contributed by atoms with Crippen LogP contribution < -0.4 is 4.72 Å². The molecule has 0 amide bonds. The van der Waals surface area contributed by atoms with E-state index in [0.29, 0.717) is 11.4 Å². The van der Waals surface area contributed by atoms with Gasteiger partial charge in [-0.3, -0.25) is 9.40 Å². The highest BCUT2D eigenvalue weighted by molar-refractivity contribution is 7.94. The fourth-order valence-electron chi connectivity index (χ4n) is 1.55. The molecular formula is C10H12N4O4S2. The quantitative estimate of drug-likeness (QED) is 0.836. The average molecular weight is 316 g/mol. The molecule has 0 spiro atoms. The maximum atomic E-state index is 12.3. The number of rotatable bonds is 4. The van der Waals surface area contributed by atoms with Crippen LogP contribution in [0.5, 0.6) is 0 Å². The standard InChI is InChI=1S/C10H12N4O4S2/c1-6-7(4-14(2)12-6)13-20(16,17)10-8(9(15)18-3)11-5-19-10/h4-5,13H,1-3H3. The number of ether oxygens (including phenoxy) is 1. The van der Waals surface area contributed by atoms with Crippen LogP contribution >= 0.6 is 11.3 Å². The first-order valence-electron chi connectivity index (χ1n) is 5.40. The summed E-state index contributed by atoms with van der Waals surface area (Å²) < 4.78 is 32.7. The van der Waals surface area contributed by atoms with Gasteiger partial charge >= 0.3 is 5.97 Å². The highest BCUT2D eigenvalue weighted by atomic mass is 32.2. The van der Waals surface area contributed by atoms with Crippen LogP contribution in [0.1, 0.15) is 16.2 Å². The van der Waals surface area contributed by atoms with Crippen molar-refractivity contribution in [1.29, 1.82) is 0 Å². The largest absolute Gasteiger partial charge is 0.464 e. The van der Waals surface area contributed by atoms with Crippen LogP contribution in [0, 0.1) is 6.92 Å². The maximum absolute atomic E-state index is 12.3. The predicted molar refractivity (Wildman–Crippen MR) is 72.2 cm³/mol. The molecule has 0 atom stereocenters. The number of sulfonamides is 1. The molecule has 0 aliphatic heterocycles. The van der Waals surface area contributed by atoms with Gasteiger partial charge < -0.3 is 4.74 Å². The summed E-state index contributed by atoms with van der Waals surface area (Å²) in [4.78, 5) is 15.2. The molecule has 20 heavy (non-hydrogen) atoms. The minimum absolute atomic E-state index is 0.187. The van der Waals surface area contributed by atoms with E-state index in [1.165, 1.54) is 16.4 Å². The van der Waals surface area contributed by atoms with Crippen molar-refractivity contribution in [1.82, 2.24) is 14.8 Å². The molecule has 0 bridgehead atoms. The number of hydrogen-bond donors (Lipinski definition) is 1. The van der Waals surface area contributed by atoms with Gasteiger partial charge in [0.15, 0.2) is 9.90 Å². The monoisotopic (exact) mass is 316 g/mol. The number of aromatic nitrogens is 3. The molecule has 0 fully saturated rings. The summed E-state index contributed by atoms with van der Waals surface area (Å²) in [6.07, 6.45) is 1.53. The van der Waals surface area contributed by atoms with E-state index in [2.05, 4.69) is 19.5 Å². The van der Waals surface area contributed by atoms with Crippen molar-refractivity contribution < 1.29 is 17.9 Å². The first kappa shape index (κ1) is 14.5. The van der Waals surface area contributed by atoms with Crippen molar-refractivity contribution in [3.8, 4) is 0 Å². The third-order valence-electron chi connectivity index (χ3n) is 2.42. The lowest BCUT2D eigenvalue weighted by molar-refractivity contribution is 0.0590. The average Bonchev–Trinajstić information content (AvgIpc) is 2.96. The van der Waals surface area contributed by atoms with Gasteiger partial charge in [0.25, 0.3) is 10.0 Å². The maximum Gasteiger partial charge on any atom is 0.358 e. The molecule has 2 aromatic rings. The first-order valence-corrected chi connectivity index (χ1v) is 7.76. The zero-order chi connectivity index (χ0) is 14.9. The van der Waals surface area contributed by atoms with Gasteiger partial charge in [0.05, 0.1) is 24.0 Å². The van der Waals surface area contributed by atoms with E-state index < -0.39 is 16.0 Å². The molecule has 0 saturated carbocycles. The number of thiazole rings is 1. The van der Waals surface area contributed by atoms with E-state index in [1.807, 2.05) is 0 Å². The molecule has 0 aromatic carbocycles. The Kier molecular flexibility index (Phi) is 3.77. The second kappa shape index (κ2) is 5.21. The van der Waals surface area contributed by atoms with E-state index in [4.69, 9.17) is 0 Å². The molecule has 10 heteroatoms. The van der Waals surface area contributed by atoms with Crippen LogP contribution in [0.4, 0.5) is 5.69 Å². The van der Waals surface area contributed by atoms with Crippen molar-refractivity contribution >= 4 is 33.0 Å². The summed E-state index contributed by atoms with van der Waals surface area (Å²) in [7, 11) is -1.07. The number of carbonyl (C=O) groups is 1. The van der Waals surface area contributed by atoms with E-state index in [-0.39, 0.29) is 9.90 Å². The minimum atomic E-state index is -3.91. The molecular weight excluding hydrogens is 304 g/mol. The number of carbonyl (C=O) groups excluding carboxylic acids is 1. The molecule has 0 unspecified atom stereocenters. The second-order valence-corrected chi connectivity index (χ2v) is 6.62. The lowest BCUT2D eigenvalue weighted by Crippen LogP contribution is -2.16. The number of methoxy groups -OCH3 is 1. The summed E-state index contributed by atoms with van der Waals surface area (Å²) in [6.45, 7) is 1.67. The fourth-order valence-corrected chi connectivity index (χ4v) is 3.79.